The molecule has 1 aromatic carbocycles. The fraction of sp³-hybridized carbons (Fsp3) is 0.158. The number of nitrogens with one attached hydrogen (secondary N) is 2. The number of fused-ring (bicyclic) bond motifs is 2. The summed E-state index contributed by atoms with van der Waals surface area (Å²) < 4.78 is 26.2. The van der Waals surface area contributed by atoms with Gasteiger partial charge in [-0.1, -0.05) is 24.3 Å². The van der Waals surface area contributed by atoms with Crippen molar-refractivity contribution in [2.45, 2.75) is 17.7 Å². The van der Waals surface area contributed by atoms with E-state index in [1.807, 2.05) is 28.8 Å². The molecule has 1 amide bonds. The molecule has 0 radical (unpaired) electrons. The highest BCUT2D eigenvalue weighted by Gasteiger charge is 2.20. The summed E-state index contributed by atoms with van der Waals surface area (Å²) in [4.78, 5) is 24.8. The van der Waals surface area contributed by atoms with E-state index in [2.05, 4.69) is 25.6 Å². The van der Waals surface area contributed by atoms with Gasteiger partial charge in [-0.05, 0) is 17.7 Å². The van der Waals surface area contributed by atoms with Crippen molar-refractivity contribution in [2.75, 3.05) is 11.1 Å². The molecule has 0 spiro atoms. The number of rotatable bonds is 5. The molecule has 4 heterocycles. The van der Waals surface area contributed by atoms with E-state index in [-0.39, 0.29) is 15.9 Å². The molecular weight excluding hydrogens is 424 g/mol. The van der Waals surface area contributed by atoms with Crippen LogP contribution in [0.25, 0.3) is 16.9 Å². The Bertz CT molecular complexity index is 1410. The highest BCUT2D eigenvalue weighted by molar-refractivity contribution is 7.93. The summed E-state index contributed by atoms with van der Waals surface area (Å²) in [6.07, 6.45) is 6.55. The van der Waals surface area contributed by atoms with Gasteiger partial charge in [-0.3, -0.25) is 9.20 Å². The van der Waals surface area contributed by atoms with Crippen molar-refractivity contribution in [3.63, 3.8) is 0 Å². The molecule has 4 aromatic rings. The second kappa shape index (κ2) is 6.89. The summed E-state index contributed by atoms with van der Waals surface area (Å²) in [5, 5.41) is 6.31. The number of carbonyl (C=O) groups is 1. The second-order valence-corrected chi connectivity index (χ2v) is 10.2. The minimum absolute atomic E-state index is 0.0218. The van der Waals surface area contributed by atoms with E-state index in [1.54, 1.807) is 19.3 Å². The Balaban J connectivity index is 1.52. The highest BCUT2D eigenvalue weighted by atomic mass is 32.2. The number of anilines is 2. The van der Waals surface area contributed by atoms with E-state index < -0.39 is 9.84 Å². The molecule has 11 heteroatoms. The quantitative estimate of drug-likeness (QED) is 0.490. The molecule has 0 saturated heterocycles. The first-order valence-electron chi connectivity index (χ1n) is 9.15. The minimum Gasteiger partial charge on any atom is -0.348 e. The molecule has 1 aliphatic heterocycles. The monoisotopic (exact) mass is 440 g/mol. The van der Waals surface area contributed by atoms with Crippen LogP contribution < -0.4 is 10.6 Å². The zero-order chi connectivity index (χ0) is 20.9. The topological polar surface area (TPSA) is 118 Å². The maximum Gasteiger partial charge on any atom is 0.251 e. The first-order chi connectivity index (χ1) is 14.5. The molecule has 9 nitrogen and oxygen atoms in total. The summed E-state index contributed by atoms with van der Waals surface area (Å²) >= 11 is 1.06. The highest BCUT2D eigenvalue weighted by Crippen LogP contribution is 2.30. The van der Waals surface area contributed by atoms with Gasteiger partial charge in [0.2, 0.25) is 0 Å². The molecule has 1 aliphatic rings. The summed E-state index contributed by atoms with van der Waals surface area (Å²) in [5.41, 5.74) is 3.95. The van der Waals surface area contributed by atoms with Crippen molar-refractivity contribution >= 4 is 43.7 Å². The van der Waals surface area contributed by atoms with Gasteiger partial charge in [0.15, 0.2) is 26.4 Å². The Kier molecular flexibility index (Phi) is 4.29. The number of hydrogen-bond donors (Lipinski definition) is 2. The van der Waals surface area contributed by atoms with Crippen LogP contribution in [-0.4, -0.2) is 39.4 Å². The number of aromatic nitrogens is 4. The van der Waals surface area contributed by atoms with Gasteiger partial charge < -0.3 is 10.6 Å². The van der Waals surface area contributed by atoms with Crippen molar-refractivity contribution in [1.82, 2.24) is 24.7 Å². The van der Waals surface area contributed by atoms with Crippen molar-refractivity contribution < 1.29 is 13.2 Å². The zero-order valence-corrected chi connectivity index (χ0v) is 17.4. The van der Waals surface area contributed by atoms with Crippen molar-refractivity contribution in [3.05, 3.63) is 54.1 Å². The molecule has 2 N–H and O–H groups in total. The third-order valence-corrected chi connectivity index (χ3v) is 8.11. The van der Waals surface area contributed by atoms with E-state index in [9.17, 15) is 13.2 Å². The van der Waals surface area contributed by atoms with E-state index in [4.69, 9.17) is 0 Å². The number of sulfone groups is 1. The minimum atomic E-state index is -3.31. The average molecular weight is 441 g/mol. The molecule has 0 atom stereocenters. The summed E-state index contributed by atoms with van der Waals surface area (Å²) in [6, 6.07) is 5.67. The van der Waals surface area contributed by atoms with Crippen molar-refractivity contribution in [3.8, 4) is 11.3 Å². The van der Waals surface area contributed by atoms with Crippen LogP contribution in [0, 0.1) is 0 Å². The Morgan fingerprint density at radius 3 is 2.93 bits per heavy atom. The molecule has 152 valence electrons. The maximum atomic E-state index is 12.0. The van der Waals surface area contributed by atoms with E-state index in [0.29, 0.717) is 28.7 Å². The molecule has 0 unspecified atom stereocenters. The SMILES string of the molecule is CCS(=O)(=O)c1cnc(Nc2ncc(-c3ccc4c(c3)CNC4=O)n3ccnc23)s1. The Morgan fingerprint density at radius 1 is 1.23 bits per heavy atom. The normalized spacial score (nSPS) is 13.4. The van der Waals surface area contributed by atoms with Gasteiger partial charge in [0.05, 0.1) is 23.8 Å². The fourth-order valence-electron chi connectivity index (χ4n) is 3.32. The van der Waals surface area contributed by atoms with Crippen LogP contribution >= 0.6 is 11.3 Å². The third kappa shape index (κ3) is 3.02. The molecule has 0 bridgehead atoms. The molecule has 0 fully saturated rings. The second-order valence-electron chi connectivity index (χ2n) is 6.68. The lowest BCUT2D eigenvalue weighted by atomic mass is 10.0. The van der Waals surface area contributed by atoms with Gasteiger partial charge in [-0.2, -0.15) is 0 Å². The lowest BCUT2D eigenvalue weighted by molar-refractivity contribution is 0.0965. The smallest absolute Gasteiger partial charge is 0.251 e. The molecule has 0 saturated carbocycles. The van der Waals surface area contributed by atoms with Gasteiger partial charge >= 0.3 is 0 Å². The average Bonchev–Trinajstić information content (AvgIpc) is 3.48. The Morgan fingerprint density at radius 2 is 2.10 bits per heavy atom. The van der Waals surface area contributed by atoms with Crippen LogP contribution in [0.3, 0.4) is 0 Å². The van der Waals surface area contributed by atoms with Gasteiger partial charge in [0, 0.05) is 30.1 Å². The van der Waals surface area contributed by atoms with Gasteiger partial charge in [-0.25, -0.2) is 23.4 Å². The van der Waals surface area contributed by atoms with Gasteiger partial charge in [0.1, 0.15) is 4.21 Å². The first kappa shape index (κ1) is 18.7. The largest absolute Gasteiger partial charge is 0.348 e. The molecule has 5 rings (SSSR count). The summed E-state index contributed by atoms with van der Waals surface area (Å²) in [7, 11) is -3.31. The number of carbonyl (C=O) groups excluding carboxylic acids is 1. The number of hydrogen-bond acceptors (Lipinski definition) is 8. The third-order valence-electron chi connectivity index (χ3n) is 4.91. The van der Waals surface area contributed by atoms with E-state index in [1.165, 1.54) is 6.20 Å². The Labute approximate surface area is 175 Å². The predicted octanol–water partition coefficient (Wildman–Crippen LogP) is 2.63. The van der Waals surface area contributed by atoms with Crippen LogP contribution in [0.5, 0.6) is 0 Å². The van der Waals surface area contributed by atoms with Crippen molar-refractivity contribution in [2.24, 2.45) is 0 Å². The van der Waals surface area contributed by atoms with Gasteiger partial charge in [-0.15, -0.1) is 0 Å². The van der Waals surface area contributed by atoms with Crippen LogP contribution in [0.4, 0.5) is 10.9 Å². The van der Waals surface area contributed by atoms with E-state index in [0.717, 1.165) is 28.2 Å². The summed E-state index contributed by atoms with van der Waals surface area (Å²) in [6.45, 7) is 2.11. The number of amides is 1. The lowest BCUT2D eigenvalue weighted by Crippen LogP contribution is -2.12. The van der Waals surface area contributed by atoms with Crippen LogP contribution in [0.15, 0.2) is 47.2 Å². The maximum absolute atomic E-state index is 12.0. The first-order valence-corrected chi connectivity index (χ1v) is 11.6. The molecule has 0 aliphatic carbocycles. The zero-order valence-electron chi connectivity index (χ0n) is 15.8. The summed E-state index contributed by atoms with van der Waals surface area (Å²) in [5.74, 6) is 0.431. The number of nitrogens with zero attached hydrogens (tertiary/aromatic N) is 4. The molecular formula is C19H16N6O3S2. The van der Waals surface area contributed by atoms with Crippen molar-refractivity contribution in [1.29, 1.82) is 0 Å². The number of benzene rings is 1. The number of thiazole rings is 1. The standard InChI is InChI=1S/C19H16N6O3S2/c1-2-30(27,28)15-10-23-19(29-15)24-16-17-20-5-6-25(17)14(9-21-16)11-3-4-13-12(7-11)8-22-18(13)26/h3-7,9-10H,2,8H2,1H3,(H,22,26)(H,21,23,24). The lowest BCUT2D eigenvalue weighted by Gasteiger charge is -2.10. The van der Waals surface area contributed by atoms with Gasteiger partial charge in [0.25, 0.3) is 5.91 Å². The number of imidazole rings is 1. The molecule has 30 heavy (non-hydrogen) atoms. The van der Waals surface area contributed by atoms with Crippen LogP contribution in [0.1, 0.15) is 22.8 Å². The Hall–Kier alpha value is -3.31. The fourth-order valence-corrected chi connectivity index (χ4v) is 5.46. The predicted molar refractivity (Wildman–Crippen MR) is 113 cm³/mol. The van der Waals surface area contributed by atoms with Crippen LogP contribution in [0.2, 0.25) is 0 Å². The van der Waals surface area contributed by atoms with Crippen LogP contribution in [-0.2, 0) is 16.4 Å². The van der Waals surface area contributed by atoms with E-state index >= 15 is 0 Å². The molecule has 3 aromatic heterocycles.